The van der Waals surface area contributed by atoms with Crippen LogP contribution in [0.5, 0.6) is 0 Å². The van der Waals surface area contributed by atoms with Crippen LogP contribution in [0.25, 0.3) is 0 Å². The average molecular weight is 261 g/mol. The Labute approximate surface area is 115 Å². The molecule has 1 atom stereocenters. The van der Waals surface area contributed by atoms with E-state index in [2.05, 4.69) is 12.2 Å². The summed E-state index contributed by atoms with van der Waals surface area (Å²) in [4.78, 5) is 11.7. The molecule has 0 amide bonds. The van der Waals surface area contributed by atoms with Crippen LogP contribution < -0.4 is 5.32 Å². The summed E-state index contributed by atoms with van der Waals surface area (Å²) in [6.45, 7) is 2.97. The minimum atomic E-state index is -0.258. The Morgan fingerprint density at radius 2 is 2.05 bits per heavy atom. The molecule has 0 heterocycles. The van der Waals surface area contributed by atoms with E-state index >= 15 is 0 Å². The number of esters is 1. The summed E-state index contributed by atoms with van der Waals surface area (Å²) in [5.74, 6) is 0.524. The fraction of sp³-hybridized carbons (Fsp3) is 0.562. The summed E-state index contributed by atoms with van der Waals surface area (Å²) in [6, 6.07) is 8.15. The second-order valence-corrected chi connectivity index (χ2v) is 5.36. The number of ether oxygens (including phenoxy) is 1. The van der Waals surface area contributed by atoms with Crippen LogP contribution in [0.1, 0.15) is 48.5 Å². The Morgan fingerprint density at radius 1 is 1.37 bits per heavy atom. The number of nitrogens with one attached hydrogen (secondary N) is 1. The predicted molar refractivity (Wildman–Crippen MR) is 76.0 cm³/mol. The van der Waals surface area contributed by atoms with E-state index < -0.39 is 0 Å². The molecule has 3 nitrogen and oxygen atoms in total. The number of carbonyl (C=O) groups excluding carboxylic acids is 1. The van der Waals surface area contributed by atoms with Crippen molar-refractivity contribution < 1.29 is 9.53 Å². The molecule has 0 bridgehead atoms. The minimum absolute atomic E-state index is 0.258. The van der Waals surface area contributed by atoms with E-state index in [0.29, 0.717) is 11.6 Å². The standard InChI is InChI=1S/C16H23NO2/c1-12(13-7-3-4-8-13)17-11-14-9-5-6-10-15(14)16(18)19-2/h5-6,9-10,12-13,17H,3-4,7-8,11H2,1-2H3/t12-/m0/s1. The van der Waals surface area contributed by atoms with Gasteiger partial charge >= 0.3 is 5.97 Å². The zero-order valence-corrected chi connectivity index (χ0v) is 11.8. The lowest BCUT2D eigenvalue weighted by Crippen LogP contribution is -2.32. The van der Waals surface area contributed by atoms with E-state index in [1.165, 1.54) is 32.8 Å². The van der Waals surface area contributed by atoms with Crippen LogP contribution in [0.2, 0.25) is 0 Å². The molecule has 104 valence electrons. The molecule has 19 heavy (non-hydrogen) atoms. The van der Waals surface area contributed by atoms with Crippen molar-refractivity contribution in [2.24, 2.45) is 5.92 Å². The van der Waals surface area contributed by atoms with Gasteiger partial charge in [0.25, 0.3) is 0 Å². The van der Waals surface area contributed by atoms with Crippen molar-refractivity contribution in [3.63, 3.8) is 0 Å². The predicted octanol–water partition coefficient (Wildman–Crippen LogP) is 3.14. The largest absolute Gasteiger partial charge is 0.465 e. The molecule has 2 rings (SSSR count). The molecule has 1 fully saturated rings. The van der Waals surface area contributed by atoms with Crippen LogP contribution in [-0.4, -0.2) is 19.1 Å². The molecule has 0 aromatic heterocycles. The molecule has 0 unspecified atom stereocenters. The number of benzene rings is 1. The van der Waals surface area contributed by atoms with Gasteiger partial charge < -0.3 is 10.1 Å². The maximum atomic E-state index is 11.7. The van der Waals surface area contributed by atoms with Crippen molar-refractivity contribution in [1.29, 1.82) is 0 Å². The normalized spacial score (nSPS) is 17.4. The van der Waals surface area contributed by atoms with Gasteiger partial charge in [-0.1, -0.05) is 31.0 Å². The van der Waals surface area contributed by atoms with Crippen molar-refractivity contribution in [2.45, 2.75) is 45.2 Å². The zero-order valence-electron chi connectivity index (χ0n) is 11.8. The Balaban J connectivity index is 1.97. The Morgan fingerprint density at radius 3 is 2.74 bits per heavy atom. The summed E-state index contributed by atoms with van der Waals surface area (Å²) >= 11 is 0. The molecule has 0 radical (unpaired) electrons. The summed E-state index contributed by atoms with van der Waals surface area (Å²) in [6.07, 6.45) is 5.37. The minimum Gasteiger partial charge on any atom is -0.465 e. The van der Waals surface area contributed by atoms with Gasteiger partial charge in [-0.05, 0) is 37.3 Å². The van der Waals surface area contributed by atoms with E-state index in [4.69, 9.17) is 4.74 Å². The van der Waals surface area contributed by atoms with Crippen molar-refractivity contribution in [3.8, 4) is 0 Å². The van der Waals surface area contributed by atoms with Gasteiger partial charge in [-0.15, -0.1) is 0 Å². The molecule has 0 aliphatic heterocycles. The average Bonchev–Trinajstić information content (AvgIpc) is 2.98. The molecule has 1 N–H and O–H groups in total. The highest BCUT2D eigenvalue weighted by atomic mass is 16.5. The highest BCUT2D eigenvalue weighted by Gasteiger charge is 2.21. The van der Waals surface area contributed by atoms with Crippen LogP contribution in [-0.2, 0) is 11.3 Å². The third-order valence-electron chi connectivity index (χ3n) is 4.14. The number of carbonyl (C=O) groups is 1. The van der Waals surface area contributed by atoms with Crippen LogP contribution in [0.3, 0.4) is 0 Å². The van der Waals surface area contributed by atoms with Gasteiger partial charge in [0, 0.05) is 12.6 Å². The van der Waals surface area contributed by atoms with E-state index in [-0.39, 0.29) is 5.97 Å². The lowest BCUT2D eigenvalue weighted by atomic mass is 9.99. The third-order valence-corrected chi connectivity index (χ3v) is 4.14. The van der Waals surface area contributed by atoms with Gasteiger partial charge in [0.2, 0.25) is 0 Å². The summed E-state index contributed by atoms with van der Waals surface area (Å²) < 4.78 is 4.82. The van der Waals surface area contributed by atoms with Gasteiger partial charge in [0.05, 0.1) is 12.7 Å². The maximum Gasteiger partial charge on any atom is 0.338 e. The topological polar surface area (TPSA) is 38.3 Å². The summed E-state index contributed by atoms with van der Waals surface area (Å²) in [5, 5.41) is 3.55. The Hall–Kier alpha value is -1.35. The van der Waals surface area contributed by atoms with Crippen LogP contribution in [0, 0.1) is 5.92 Å². The summed E-state index contributed by atoms with van der Waals surface area (Å²) in [7, 11) is 1.42. The lowest BCUT2D eigenvalue weighted by molar-refractivity contribution is 0.0599. The number of hydrogen-bond acceptors (Lipinski definition) is 3. The fourth-order valence-corrected chi connectivity index (χ4v) is 2.88. The molecule has 1 aliphatic carbocycles. The SMILES string of the molecule is COC(=O)c1ccccc1CN[C@@H](C)C1CCCC1. The fourth-order valence-electron chi connectivity index (χ4n) is 2.88. The third kappa shape index (κ3) is 3.57. The first-order valence-electron chi connectivity index (χ1n) is 7.12. The smallest absolute Gasteiger partial charge is 0.338 e. The first-order chi connectivity index (χ1) is 9.22. The molecule has 1 saturated carbocycles. The quantitative estimate of drug-likeness (QED) is 0.827. The van der Waals surface area contributed by atoms with Crippen molar-refractivity contribution in [2.75, 3.05) is 7.11 Å². The Bertz CT molecular complexity index is 425. The molecular weight excluding hydrogens is 238 g/mol. The summed E-state index contributed by atoms with van der Waals surface area (Å²) in [5.41, 5.74) is 1.68. The molecule has 1 aromatic carbocycles. The van der Waals surface area contributed by atoms with Gasteiger partial charge in [-0.25, -0.2) is 4.79 Å². The molecule has 1 aliphatic rings. The van der Waals surface area contributed by atoms with E-state index in [9.17, 15) is 4.79 Å². The second-order valence-electron chi connectivity index (χ2n) is 5.36. The highest BCUT2D eigenvalue weighted by Crippen LogP contribution is 2.27. The lowest BCUT2D eigenvalue weighted by Gasteiger charge is -2.21. The van der Waals surface area contributed by atoms with Crippen LogP contribution in [0.4, 0.5) is 0 Å². The van der Waals surface area contributed by atoms with E-state index in [0.717, 1.165) is 18.0 Å². The van der Waals surface area contributed by atoms with E-state index in [1.807, 2.05) is 24.3 Å². The van der Waals surface area contributed by atoms with Crippen molar-refractivity contribution >= 4 is 5.97 Å². The second kappa shape index (κ2) is 6.71. The van der Waals surface area contributed by atoms with Crippen molar-refractivity contribution in [1.82, 2.24) is 5.32 Å². The zero-order chi connectivity index (χ0) is 13.7. The molecular formula is C16H23NO2. The Kier molecular flexibility index (Phi) is 4.97. The number of rotatable bonds is 5. The number of hydrogen-bond donors (Lipinski definition) is 1. The van der Waals surface area contributed by atoms with Crippen LogP contribution in [0.15, 0.2) is 24.3 Å². The molecule has 0 saturated heterocycles. The van der Waals surface area contributed by atoms with Gasteiger partial charge in [0.15, 0.2) is 0 Å². The van der Waals surface area contributed by atoms with E-state index in [1.54, 1.807) is 0 Å². The highest BCUT2D eigenvalue weighted by molar-refractivity contribution is 5.90. The first kappa shape index (κ1) is 14.1. The molecule has 0 spiro atoms. The monoisotopic (exact) mass is 261 g/mol. The maximum absolute atomic E-state index is 11.7. The van der Waals surface area contributed by atoms with Crippen molar-refractivity contribution in [3.05, 3.63) is 35.4 Å². The first-order valence-corrected chi connectivity index (χ1v) is 7.12. The van der Waals surface area contributed by atoms with Gasteiger partial charge in [-0.2, -0.15) is 0 Å². The number of methoxy groups -OCH3 is 1. The van der Waals surface area contributed by atoms with Gasteiger partial charge in [0.1, 0.15) is 0 Å². The molecule has 1 aromatic rings. The van der Waals surface area contributed by atoms with Crippen LogP contribution >= 0.6 is 0 Å². The van der Waals surface area contributed by atoms with Gasteiger partial charge in [-0.3, -0.25) is 0 Å². The molecule has 3 heteroatoms.